The Morgan fingerprint density at radius 3 is 2.55 bits per heavy atom. The van der Waals surface area contributed by atoms with E-state index in [-0.39, 0.29) is 0 Å². The largest absolute Gasteiger partial charge is 0.387 e. The summed E-state index contributed by atoms with van der Waals surface area (Å²) in [5.41, 5.74) is 0.640. The van der Waals surface area contributed by atoms with Crippen molar-refractivity contribution in [1.29, 1.82) is 0 Å². The first-order valence-electron chi connectivity index (χ1n) is 7.44. The van der Waals surface area contributed by atoms with Crippen molar-refractivity contribution < 1.29 is 10.2 Å². The van der Waals surface area contributed by atoms with Crippen LogP contribution >= 0.6 is 0 Å². The second-order valence-corrected chi connectivity index (χ2v) is 5.88. The average Bonchev–Trinajstić information content (AvgIpc) is 2.72. The number of hydrogen-bond acceptors (Lipinski definition) is 3. The fourth-order valence-electron chi connectivity index (χ4n) is 3.18. The van der Waals surface area contributed by atoms with Crippen LogP contribution in [0.4, 0.5) is 0 Å². The second-order valence-electron chi connectivity index (χ2n) is 5.88. The standard InChI is InChI=1S/C17H21NO2/c19-16(17(20)9-3-1-2-4-10-17)14-8-7-13-6-5-11-18-15(13)12-14/h5-8,11-12,16,19-20H,1-4,9-10H2. The molecule has 20 heavy (non-hydrogen) atoms. The SMILES string of the molecule is OC(c1ccc2cccnc2c1)C1(O)CCCCCC1. The van der Waals surface area contributed by atoms with Gasteiger partial charge in [0.05, 0.1) is 11.1 Å². The van der Waals surface area contributed by atoms with Crippen LogP contribution in [-0.4, -0.2) is 20.8 Å². The summed E-state index contributed by atoms with van der Waals surface area (Å²) in [5.74, 6) is 0. The zero-order valence-electron chi connectivity index (χ0n) is 11.6. The van der Waals surface area contributed by atoms with Gasteiger partial charge in [0.25, 0.3) is 0 Å². The summed E-state index contributed by atoms with van der Waals surface area (Å²) >= 11 is 0. The summed E-state index contributed by atoms with van der Waals surface area (Å²) in [7, 11) is 0. The van der Waals surface area contributed by atoms with Gasteiger partial charge < -0.3 is 10.2 Å². The van der Waals surface area contributed by atoms with E-state index >= 15 is 0 Å². The van der Waals surface area contributed by atoms with Crippen molar-refractivity contribution in [3.8, 4) is 0 Å². The van der Waals surface area contributed by atoms with Crippen LogP contribution in [0.2, 0.25) is 0 Å². The second kappa shape index (κ2) is 5.51. The number of nitrogens with zero attached hydrogens (tertiary/aromatic N) is 1. The Morgan fingerprint density at radius 2 is 1.80 bits per heavy atom. The molecule has 0 radical (unpaired) electrons. The molecule has 3 rings (SSSR count). The van der Waals surface area contributed by atoms with Crippen LogP contribution in [0.3, 0.4) is 0 Å². The predicted molar refractivity (Wildman–Crippen MR) is 79.4 cm³/mol. The third-order valence-electron chi connectivity index (χ3n) is 4.42. The molecule has 1 aliphatic rings. The monoisotopic (exact) mass is 271 g/mol. The molecule has 1 atom stereocenters. The molecule has 0 saturated heterocycles. The van der Waals surface area contributed by atoms with E-state index in [2.05, 4.69) is 4.98 Å². The van der Waals surface area contributed by atoms with E-state index in [4.69, 9.17) is 0 Å². The first-order chi connectivity index (χ1) is 9.69. The molecule has 3 nitrogen and oxygen atoms in total. The number of hydrogen-bond donors (Lipinski definition) is 2. The summed E-state index contributed by atoms with van der Waals surface area (Å²) in [6.45, 7) is 0. The minimum Gasteiger partial charge on any atom is -0.387 e. The lowest BCUT2D eigenvalue weighted by molar-refractivity contribution is -0.0866. The maximum atomic E-state index is 10.8. The van der Waals surface area contributed by atoms with Crippen LogP contribution in [0.15, 0.2) is 36.5 Å². The topological polar surface area (TPSA) is 53.4 Å². The molecule has 3 heteroatoms. The van der Waals surface area contributed by atoms with Crippen LogP contribution in [0.5, 0.6) is 0 Å². The van der Waals surface area contributed by atoms with Crippen LogP contribution in [-0.2, 0) is 0 Å². The number of pyridine rings is 1. The van der Waals surface area contributed by atoms with Gasteiger partial charge in [-0.15, -0.1) is 0 Å². The summed E-state index contributed by atoms with van der Waals surface area (Å²) in [4.78, 5) is 4.32. The molecule has 0 amide bonds. The molecular formula is C17H21NO2. The summed E-state index contributed by atoms with van der Waals surface area (Å²) in [6, 6.07) is 9.65. The Kier molecular flexibility index (Phi) is 3.72. The summed E-state index contributed by atoms with van der Waals surface area (Å²) in [5, 5.41) is 22.4. The van der Waals surface area contributed by atoms with E-state index in [0.29, 0.717) is 12.8 Å². The van der Waals surface area contributed by atoms with Crippen molar-refractivity contribution in [3.05, 3.63) is 42.1 Å². The molecule has 106 valence electrons. The highest BCUT2D eigenvalue weighted by atomic mass is 16.3. The normalized spacial score (nSPS) is 20.5. The van der Waals surface area contributed by atoms with Crippen LogP contribution < -0.4 is 0 Å². The van der Waals surface area contributed by atoms with E-state index in [9.17, 15) is 10.2 Å². The fourth-order valence-corrected chi connectivity index (χ4v) is 3.18. The minimum atomic E-state index is -0.987. The molecule has 2 aromatic rings. The van der Waals surface area contributed by atoms with Gasteiger partial charge in [0.1, 0.15) is 6.10 Å². The zero-order valence-corrected chi connectivity index (χ0v) is 11.6. The van der Waals surface area contributed by atoms with Crippen molar-refractivity contribution in [1.82, 2.24) is 4.98 Å². The highest BCUT2D eigenvalue weighted by Gasteiger charge is 2.36. The molecule has 1 saturated carbocycles. The third-order valence-corrected chi connectivity index (χ3v) is 4.42. The van der Waals surface area contributed by atoms with Crippen LogP contribution in [0, 0.1) is 0 Å². The number of rotatable bonds is 2. The van der Waals surface area contributed by atoms with E-state index in [1.807, 2.05) is 30.3 Å². The molecule has 1 aromatic carbocycles. The third kappa shape index (κ3) is 2.56. The van der Waals surface area contributed by atoms with Crippen LogP contribution in [0.25, 0.3) is 10.9 Å². The lowest BCUT2D eigenvalue weighted by Gasteiger charge is -2.32. The van der Waals surface area contributed by atoms with Crippen molar-refractivity contribution >= 4 is 10.9 Å². The molecule has 2 N–H and O–H groups in total. The van der Waals surface area contributed by atoms with Gasteiger partial charge in [-0.2, -0.15) is 0 Å². The molecule has 0 spiro atoms. The Morgan fingerprint density at radius 1 is 1.05 bits per heavy atom. The first kappa shape index (κ1) is 13.5. The number of aliphatic hydroxyl groups is 2. The molecule has 1 unspecified atom stereocenters. The van der Waals surface area contributed by atoms with E-state index < -0.39 is 11.7 Å². The van der Waals surface area contributed by atoms with Crippen molar-refractivity contribution in [2.45, 2.75) is 50.2 Å². The molecule has 1 fully saturated rings. The number of aromatic nitrogens is 1. The molecule has 1 heterocycles. The number of benzene rings is 1. The van der Waals surface area contributed by atoms with E-state index in [0.717, 1.165) is 42.1 Å². The Hall–Kier alpha value is -1.45. The molecule has 0 bridgehead atoms. The van der Waals surface area contributed by atoms with Gasteiger partial charge in [-0.25, -0.2) is 0 Å². The number of aliphatic hydroxyl groups excluding tert-OH is 1. The van der Waals surface area contributed by atoms with Gasteiger partial charge in [0, 0.05) is 11.6 Å². The van der Waals surface area contributed by atoms with Crippen molar-refractivity contribution in [3.63, 3.8) is 0 Å². The number of fused-ring (bicyclic) bond motifs is 1. The maximum absolute atomic E-state index is 10.8. The highest BCUT2D eigenvalue weighted by molar-refractivity contribution is 5.78. The van der Waals surface area contributed by atoms with Crippen LogP contribution in [0.1, 0.15) is 50.2 Å². The molecular weight excluding hydrogens is 250 g/mol. The molecule has 0 aliphatic heterocycles. The maximum Gasteiger partial charge on any atom is 0.108 e. The summed E-state index contributed by atoms with van der Waals surface area (Å²) < 4.78 is 0. The van der Waals surface area contributed by atoms with E-state index in [1.54, 1.807) is 6.20 Å². The predicted octanol–water partition coefficient (Wildman–Crippen LogP) is 3.35. The lowest BCUT2D eigenvalue weighted by Crippen LogP contribution is -2.35. The first-order valence-corrected chi connectivity index (χ1v) is 7.44. The molecule has 1 aromatic heterocycles. The quantitative estimate of drug-likeness (QED) is 0.824. The Bertz CT molecular complexity index is 588. The smallest absolute Gasteiger partial charge is 0.108 e. The molecule has 1 aliphatic carbocycles. The minimum absolute atomic E-state index is 0.675. The van der Waals surface area contributed by atoms with Gasteiger partial charge in [0.15, 0.2) is 0 Å². The average molecular weight is 271 g/mol. The Balaban J connectivity index is 1.92. The van der Waals surface area contributed by atoms with Crippen molar-refractivity contribution in [2.75, 3.05) is 0 Å². The van der Waals surface area contributed by atoms with E-state index in [1.165, 1.54) is 0 Å². The summed E-state index contributed by atoms with van der Waals surface area (Å²) in [6.07, 6.45) is 6.54. The lowest BCUT2D eigenvalue weighted by atomic mass is 9.84. The van der Waals surface area contributed by atoms with Gasteiger partial charge in [-0.3, -0.25) is 4.98 Å². The van der Waals surface area contributed by atoms with Gasteiger partial charge in [0.2, 0.25) is 0 Å². The van der Waals surface area contributed by atoms with Crippen molar-refractivity contribution in [2.24, 2.45) is 0 Å². The fraction of sp³-hybridized carbons (Fsp3) is 0.471. The van der Waals surface area contributed by atoms with Gasteiger partial charge in [-0.05, 0) is 30.5 Å². The highest BCUT2D eigenvalue weighted by Crippen LogP contribution is 2.37. The van der Waals surface area contributed by atoms with Gasteiger partial charge >= 0.3 is 0 Å². The Labute approximate surface area is 119 Å². The van der Waals surface area contributed by atoms with Gasteiger partial charge in [-0.1, -0.05) is 43.9 Å². The zero-order chi connectivity index (χ0) is 14.0.